The lowest BCUT2D eigenvalue weighted by Gasteiger charge is -2.40. The first kappa shape index (κ1) is 22.0. The van der Waals surface area contributed by atoms with Gasteiger partial charge >= 0.3 is 0 Å². The monoisotopic (exact) mass is 460 g/mol. The average Bonchev–Trinajstić information content (AvgIpc) is 3.28. The van der Waals surface area contributed by atoms with E-state index >= 15 is 0 Å². The van der Waals surface area contributed by atoms with Crippen LogP contribution in [0.5, 0.6) is 0 Å². The van der Waals surface area contributed by atoms with Crippen LogP contribution in [0.3, 0.4) is 0 Å². The molecule has 0 aliphatic carbocycles. The molecule has 1 amide bonds. The summed E-state index contributed by atoms with van der Waals surface area (Å²) < 4.78 is 40.3. The zero-order valence-electron chi connectivity index (χ0n) is 17.9. The molecule has 0 unspecified atom stereocenters. The van der Waals surface area contributed by atoms with Gasteiger partial charge in [0, 0.05) is 31.4 Å². The van der Waals surface area contributed by atoms with Crippen molar-refractivity contribution in [3.05, 3.63) is 53.6 Å². The molecule has 11 heteroatoms. The molecule has 1 aromatic carbocycles. The molecule has 9 nitrogen and oxygen atoms in total. The van der Waals surface area contributed by atoms with Crippen molar-refractivity contribution in [2.75, 3.05) is 36.1 Å². The number of nitrogens with one attached hydrogen (secondary N) is 3. The highest BCUT2D eigenvalue weighted by Crippen LogP contribution is 2.31. The number of nitrogens with zero attached hydrogens (tertiary/aromatic N) is 3. The Labute approximate surface area is 186 Å². The predicted octanol–water partition coefficient (Wildman–Crippen LogP) is 2.09. The summed E-state index contributed by atoms with van der Waals surface area (Å²) in [6, 6.07) is 7.43. The Morgan fingerprint density at radius 3 is 2.59 bits per heavy atom. The van der Waals surface area contributed by atoms with E-state index in [9.17, 15) is 17.6 Å². The molecule has 4 rings (SSSR count). The molecule has 2 aliphatic rings. The van der Waals surface area contributed by atoms with Gasteiger partial charge in [0.15, 0.2) is 0 Å². The van der Waals surface area contributed by atoms with E-state index in [1.807, 2.05) is 6.07 Å². The highest BCUT2D eigenvalue weighted by molar-refractivity contribution is 7.89. The molecule has 2 aliphatic heterocycles. The van der Waals surface area contributed by atoms with Crippen LogP contribution in [0.15, 0.2) is 36.5 Å². The van der Waals surface area contributed by atoms with Gasteiger partial charge in [0.25, 0.3) is 5.91 Å². The maximum absolute atomic E-state index is 14.7. The standard InChI is InChI=1S/C21H25FN6O3S/c1-21(13-32(30,31)27(2)20(23)26-21)16-11-14(5-7-17(16)22)25-19(29)18-8-6-15(12-24-18)28-9-3-4-10-28/h5-8,11-12H,3-4,9-10,13H2,1-2H3,(H2,23,26)(H,25,29)/t21-/m0/s1. The summed E-state index contributed by atoms with van der Waals surface area (Å²) in [5, 5.41) is 13.4. The second-order valence-corrected chi connectivity index (χ2v) is 10.3. The van der Waals surface area contributed by atoms with E-state index in [1.165, 1.54) is 26.1 Å². The third-order valence-corrected chi connectivity index (χ3v) is 7.83. The van der Waals surface area contributed by atoms with E-state index in [0.29, 0.717) is 5.69 Å². The molecule has 3 heterocycles. The number of amides is 1. The SMILES string of the molecule is CN1C(=N)N[C@](C)(c2cc(NC(=O)c3ccc(N4CCCC4)cn3)ccc2F)CS1(=O)=O. The van der Waals surface area contributed by atoms with Crippen LogP contribution in [-0.2, 0) is 15.6 Å². The molecule has 32 heavy (non-hydrogen) atoms. The summed E-state index contributed by atoms with van der Waals surface area (Å²) in [4.78, 5) is 19.1. The van der Waals surface area contributed by atoms with Gasteiger partial charge in [-0.05, 0) is 50.1 Å². The van der Waals surface area contributed by atoms with E-state index < -0.39 is 33.0 Å². The minimum Gasteiger partial charge on any atom is -0.370 e. The lowest BCUT2D eigenvalue weighted by molar-refractivity contribution is 0.102. The molecule has 0 bridgehead atoms. The van der Waals surface area contributed by atoms with Crippen LogP contribution in [0, 0.1) is 11.2 Å². The van der Waals surface area contributed by atoms with Crippen LogP contribution in [0.4, 0.5) is 15.8 Å². The number of anilines is 2. The smallest absolute Gasteiger partial charge is 0.274 e. The van der Waals surface area contributed by atoms with Gasteiger partial charge in [0.1, 0.15) is 11.5 Å². The zero-order chi connectivity index (χ0) is 23.1. The predicted molar refractivity (Wildman–Crippen MR) is 120 cm³/mol. The van der Waals surface area contributed by atoms with E-state index in [1.54, 1.807) is 12.3 Å². The van der Waals surface area contributed by atoms with Crippen molar-refractivity contribution >= 4 is 33.3 Å². The molecule has 2 aromatic rings. The van der Waals surface area contributed by atoms with Gasteiger partial charge in [-0.2, -0.15) is 0 Å². The first-order chi connectivity index (χ1) is 15.1. The summed E-state index contributed by atoms with van der Waals surface area (Å²) in [6.45, 7) is 3.46. The number of pyridine rings is 1. The zero-order valence-corrected chi connectivity index (χ0v) is 18.7. The van der Waals surface area contributed by atoms with Gasteiger partial charge in [-0.15, -0.1) is 0 Å². The third-order valence-electron chi connectivity index (χ3n) is 5.87. The summed E-state index contributed by atoms with van der Waals surface area (Å²) >= 11 is 0. The van der Waals surface area contributed by atoms with Crippen molar-refractivity contribution in [2.24, 2.45) is 0 Å². The molecule has 0 radical (unpaired) electrons. The van der Waals surface area contributed by atoms with Gasteiger partial charge < -0.3 is 15.5 Å². The number of guanidine groups is 1. The number of sulfonamides is 1. The molecule has 3 N–H and O–H groups in total. The number of hydrogen-bond acceptors (Lipinski definition) is 6. The van der Waals surface area contributed by atoms with Gasteiger partial charge in [-0.1, -0.05) is 0 Å². The number of carbonyl (C=O) groups is 1. The Balaban J connectivity index is 1.55. The van der Waals surface area contributed by atoms with Gasteiger partial charge in [0.2, 0.25) is 16.0 Å². The molecular weight excluding hydrogens is 435 g/mol. The van der Waals surface area contributed by atoms with Gasteiger partial charge in [-0.25, -0.2) is 22.1 Å². The van der Waals surface area contributed by atoms with Crippen molar-refractivity contribution in [2.45, 2.75) is 25.3 Å². The third kappa shape index (κ3) is 4.12. The average molecular weight is 461 g/mol. The minimum absolute atomic E-state index is 0.0362. The maximum atomic E-state index is 14.7. The molecule has 1 atom stereocenters. The maximum Gasteiger partial charge on any atom is 0.274 e. The number of carbonyl (C=O) groups excluding carboxylic acids is 1. The molecule has 1 aromatic heterocycles. The Morgan fingerprint density at radius 1 is 1.25 bits per heavy atom. The molecule has 2 fully saturated rings. The van der Waals surface area contributed by atoms with Crippen LogP contribution < -0.4 is 15.5 Å². The first-order valence-corrected chi connectivity index (χ1v) is 11.9. The molecular formula is C21H25FN6O3S. The fourth-order valence-electron chi connectivity index (χ4n) is 4.03. The van der Waals surface area contributed by atoms with E-state index in [0.717, 1.165) is 42.0 Å². The number of rotatable bonds is 4. The lowest BCUT2D eigenvalue weighted by Crippen LogP contribution is -2.61. The Morgan fingerprint density at radius 2 is 1.97 bits per heavy atom. The van der Waals surface area contributed by atoms with E-state index in [-0.39, 0.29) is 17.2 Å². The number of aromatic nitrogens is 1. The summed E-state index contributed by atoms with van der Waals surface area (Å²) in [5.41, 5.74) is 0.139. The van der Waals surface area contributed by atoms with Crippen molar-refractivity contribution < 1.29 is 17.6 Å². The van der Waals surface area contributed by atoms with Crippen LogP contribution >= 0.6 is 0 Å². The largest absolute Gasteiger partial charge is 0.370 e. The fraction of sp³-hybridized carbons (Fsp3) is 0.381. The number of benzene rings is 1. The van der Waals surface area contributed by atoms with Crippen LogP contribution in [-0.4, -0.2) is 55.5 Å². The summed E-state index contributed by atoms with van der Waals surface area (Å²) in [6.07, 6.45) is 3.94. The first-order valence-electron chi connectivity index (χ1n) is 10.2. The summed E-state index contributed by atoms with van der Waals surface area (Å²) in [7, 11) is -2.53. The van der Waals surface area contributed by atoms with Crippen molar-refractivity contribution in [3.8, 4) is 0 Å². The normalized spacial score (nSPS) is 22.5. The Hall–Kier alpha value is -3.21. The van der Waals surface area contributed by atoms with Crippen molar-refractivity contribution in [1.82, 2.24) is 14.6 Å². The molecule has 0 saturated carbocycles. The van der Waals surface area contributed by atoms with E-state index in [2.05, 4.69) is 20.5 Å². The summed E-state index contributed by atoms with van der Waals surface area (Å²) in [5.74, 6) is -1.89. The highest BCUT2D eigenvalue weighted by atomic mass is 32.2. The van der Waals surface area contributed by atoms with Gasteiger partial charge in [-0.3, -0.25) is 10.2 Å². The van der Waals surface area contributed by atoms with Crippen molar-refractivity contribution in [3.63, 3.8) is 0 Å². The topological polar surface area (TPSA) is 118 Å². The second-order valence-electron chi connectivity index (χ2n) is 8.27. The van der Waals surface area contributed by atoms with Crippen molar-refractivity contribution in [1.29, 1.82) is 5.41 Å². The Kier molecular flexibility index (Phi) is 5.53. The van der Waals surface area contributed by atoms with E-state index in [4.69, 9.17) is 5.41 Å². The lowest BCUT2D eigenvalue weighted by atomic mass is 9.93. The van der Waals surface area contributed by atoms with Crippen LogP contribution in [0.2, 0.25) is 0 Å². The Bertz CT molecular complexity index is 1160. The second kappa shape index (κ2) is 8.05. The van der Waals surface area contributed by atoms with Crippen LogP contribution in [0.25, 0.3) is 0 Å². The van der Waals surface area contributed by atoms with Gasteiger partial charge in [0.05, 0.1) is 23.2 Å². The fourth-order valence-corrected chi connectivity index (χ4v) is 5.50. The number of halogens is 1. The molecule has 0 spiro atoms. The van der Waals surface area contributed by atoms with Crippen LogP contribution in [0.1, 0.15) is 35.8 Å². The molecule has 170 valence electrons. The quantitative estimate of drug-likeness (QED) is 0.643. The minimum atomic E-state index is -3.80. The highest BCUT2D eigenvalue weighted by Gasteiger charge is 2.43. The number of hydrogen-bond donors (Lipinski definition) is 3. The molecule has 2 saturated heterocycles.